The van der Waals surface area contributed by atoms with Crippen molar-refractivity contribution in [3.63, 3.8) is 0 Å². The summed E-state index contributed by atoms with van der Waals surface area (Å²) in [4.78, 5) is 9.86. The van der Waals surface area contributed by atoms with Gasteiger partial charge in [-0.3, -0.25) is 9.19 Å². The molecule has 4 rings (SSSR count). The minimum absolute atomic E-state index is 0.291. The number of halogens is 1. The van der Waals surface area contributed by atoms with Crippen LogP contribution in [-0.2, 0) is 10.8 Å². The molecule has 4 nitrogen and oxygen atoms in total. The maximum absolute atomic E-state index is 13.2. The van der Waals surface area contributed by atoms with E-state index in [2.05, 4.69) is 9.97 Å². The van der Waals surface area contributed by atoms with Crippen molar-refractivity contribution in [3.8, 4) is 22.5 Å². The van der Waals surface area contributed by atoms with Crippen molar-refractivity contribution < 1.29 is 8.60 Å². The average molecular weight is 379 g/mol. The van der Waals surface area contributed by atoms with Crippen LogP contribution in [0, 0.1) is 12.7 Å². The van der Waals surface area contributed by atoms with Gasteiger partial charge in [-0.1, -0.05) is 19.1 Å². The van der Waals surface area contributed by atoms with Gasteiger partial charge in [-0.25, -0.2) is 9.37 Å². The Bertz CT molecular complexity index is 1150. The lowest BCUT2D eigenvalue weighted by atomic mass is 10.1. The quantitative estimate of drug-likeness (QED) is 0.519. The molecule has 1 aromatic carbocycles. The van der Waals surface area contributed by atoms with E-state index in [1.165, 1.54) is 12.1 Å². The van der Waals surface area contributed by atoms with Gasteiger partial charge in [0, 0.05) is 29.9 Å². The number of hydrogen-bond acceptors (Lipinski definition) is 3. The molecule has 0 saturated carbocycles. The number of pyridine rings is 2. The minimum Gasteiger partial charge on any atom is -0.306 e. The van der Waals surface area contributed by atoms with Crippen LogP contribution < -0.4 is 0 Å². The van der Waals surface area contributed by atoms with Crippen LogP contribution in [0.2, 0.25) is 0 Å². The number of aryl methyl sites for hydroxylation is 1. The highest BCUT2D eigenvalue weighted by Gasteiger charge is 2.16. The Balaban J connectivity index is 1.86. The molecule has 0 aliphatic carbocycles. The molecule has 0 bridgehead atoms. The maximum atomic E-state index is 13.2. The van der Waals surface area contributed by atoms with Crippen molar-refractivity contribution in [1.82, 2.24) is 14.4 Å². The molecule has 0 aliphatic heterocycles. The van der Waals surface area contributed by atoms with Crippen LogP contribution in [0.4, 0.5) is 4.39 Å². The molecule has 0 aliphatic rings. The molecule has 6 heteroatoms. The Morgan fingerprint density at radius 1 is 1.11 bits per heavy atom. The lowest BCUT2D eigenvalue weighted by molar-refractivity contribution is 0.628. The van der Waals surface area contributed by atoms with Crippen LogP contribution in [0.25, 0.3) is 28.2 Å². The third-order valence-corrected chi connectivity index (χ3v) is 5.72. The van der Waals surface area contributed by atoms with Crippen molar-refractivity contribution in [2.24, 2.45) is 0 Å². The van der Waals surface area contributed by atoms with Crippen LogP contribution >= 0.6 is 0 Å². The second-order valence-corrected chi connectivity index (χ2v) is 8.02. The standard InChI is InChI=1S/C21H18FN3OS/c1-3-27(26)19-11-16(15-4-6-17(22)7-5-15)12-23-21(19)18-13-25-9-8-14(2)10-20(25)24-18/h4-13H,3H2,1-2H3. The molecule has 0 spiro atoms. The number of aromatic nitrogens is 3. The highest BCUT2D eigenvalue weighted by Crippen LogP contribution is 2.29. The largest absolute Gasteiger partial charge is 0.306 e. The molecule has 1 unspecified atom stereocenters. The van der Waals surface area contributed by atoms with Gasteiger partial charge in [-0.15, -0.1) is 0 Å². The van der Waals surface area contributed by atoms with Gasteiger partial charge in [0.05, 0.1) is 15.7 Å². The molecule has 27 heavy (non-hydrogen) atoms. The molecule has 0 radical (unpaired) electrons. The van der Waals surface area contributed by atoms with Crippen molar-refractivity contribution in [2.75, 3.05) is 5.75 Å². The number of imidazole rings is 1. The fourth-order valence-corrected chi connectivity index (χ4v) is 3.91. The van der Waals surface area contributed by atoms with Crippen LogP contribution in [0.1, 0.15) is 12.5 Å². The van der Waals surface area contributed by atoms with E-state index in [4.69, 9.17) is 0 Å². The summed E-state index contributed by atoms with van der Waals surface area (Å²) in [5, 5.41) is 0. The van der Waals surface area contributed by atoms with Gasteiger partial charge in [0.25, 0.3) is 0 Å². The molecule has 4 aromatic rings. The first kappa shape index (κ1) is 17.5. The molecular formula is C21H18FN3OS. The zero-order chi connectivity index (χ0) is 19.0. The maximum Gasteiger partial charge on any atom is 0.137 e. The minimum atomic E-state index is -1.20. The normalized spacial score (nSPS) is 12.4. The fraction of sp³-hybridized carbons (Fsp3) is 0.143. The number of benzene rings is 1. The van der Waals surface area contributed by atoms with Gasteiger partial charge >= 0.3 is 0 Å². The summed E-state index contributed by atoms with van der Waals surface area (Å²) in [5.74, 6) is 0.189. The number of rotatable bonds is 4. The molecule has 0 amide bonds. The molecule has 0 fully saturated rings. The summed E-state index contributed by atoms with van der Waals surface area (Å²) in [7, 11) is -1.20. The second-order valence-electron chi connectivity index (χ2n) is 6.31. The van der Waals surface area contributed by atoms with Gasteiger partial charge in [-0.05, 0) is 48.4 Å². The molecule has 136 valence electrons. The predicted octanol–water partition coefficient (Wildman–Crippen LogP) is 4.64. The van der Waals surface area contributed by atoms with Crippen LogP contribution in [-0.4, -0.2) is 24.3 Å². The molecular weight excluding hydrogens is 361 g/mol. The monoisotopic (exact) mass is 379 g/mol. The average Bonchev–Trinajstić information content (AvgIpc) is 3.10. The van der Waals surface area contributed by atoms with Gasteiger partial charge < -0.3 is 4.40 Å². The lowest BCUT2D eigenvalue weighted by Gasteiger charge is -2.09. The first-order chi connectivity index (χ1) is 13.0. The number of hydrogen-bond donors (Lipinski definition) is 0. The SMILES string of the molecule is CCS(=O)c1cc(-c2ccc(F)cc2)cnc1-c1cn2ccc(C)cc2n1. The van der Waals surface area contributed by atoms with E-state index in [1.807, 2.05) is 48.8 Å². The van der Waals surface area contributed by atoms with E-state index in [-0.39, 0.29) is 5.82 Å². The molecule has 3 aromatic heterocycles. The zero-order valence-corrected chi connectivity index (χ0v) is 15.8. The molecule has 3 heterocycles. The molecule has 1 atom stereocenters. The number of fused-ring (bicyclic) bond motifs is 1. The number of nitrogens with zero attached hydrogens (tertiary/aromatic N) is 3. The summed E-state index contributed by atoms with van der Waals surface area (Å²) in [6, 6.07) is 12.1. The Labute approximate surface area is 159 Å². The summed E-state index contributed by atoms with van der Waals surface area (Å²) in [6.07, 6.45) is 5.56. The first-order valence-corrected chi connectivity index (χ1v) is 9.97. The van der Waals surface area contributed by atoms with Crippen LogP contribution in [0.3, 0.4) is 0 Å². The highest BCUT2D eigenvalue weighted by molar-refractivity contribution is 7.85. The Morgan fingerprint density at radius 2 is 1.89 bits per heavy atom. The lowest BCUT2D eigenvalue weighted by Crippen LogP contribution is -2.00. The van der Waals surface area contributed by atoms with Crippen LogP contribution in [0.5, 0.6) is 0 Å². The van der Waals surface area contributed by atoms with Crippen molar-refractivity contribution in [3.05, 3.63) is 72.4 Å². The fourth-order valence-electron chi connectivity index (χ4n) is 2.96. The Kier molecular flexibility index (Phi) is 4.58. The Morgan fingerprint density at radius 3 is 2.63 bits per heavy atom. The van der Waals surface area contributed by atoms with Crippen molar-refractivity contribution in [1.29, 1.82) is 0 Å². The predicted molar refractivity (Wildman–Crippen MR) is 106 cm³/mol. The molecule has 0 saturated heterocycles. The first-order valence-electron chi connectivity index (χ1n) is 8.65. The van der Waals surface area contributed by atoms with Crippen molar-refractivity contribution >= 4 is 16.4 Å². The summed E-state index contributed by atoms with van der Waals surface area (Å²) >= 11 is 0. The Hall–Kier alpha value is -2.86. The zero-order valence-electron chi connectivity index (χ0n) is 15.0. The summed E-state index contributed by atoms with van der Waals surface area (Å²) < 4.78 is 27.8. The van der Waals surface area contributed by atoms with Gasteiger partial charge in [-0.2, -0.15) is 0 Å². The summed E-state index contributed by atoms with van der Waals surface area (Å²) in [5.41, 5.74) is 4.87. The van der Waals surface area contributed by atoms with Gasteiger partial charge in [0.1, 0.15) is 22.9 Å². The second kappa shape index (κ2) is 7.04. The van der Waals surface area contributed by atoms with Gasteiger partial charge in [0.15, 0.2) is 0 Å². The van der Waals surface area contributed by atoms with E-state index < -0.39 is 10.8 Å². The van der Waals surface area contributed by atoms with Crippen molar-refractivity contribution in [2.45, 2.75) is 18.7 Å². The topological polar surface area (TPSA) is 47.3 Å². The summed E-state index contributed by atoms with van der Waals surface area (Å²) in [6.45, 7) is 3.89. The third kappa shape index (κ3) is 3.40. The smallest absolute Gasteiger partial charge is 0.137 e. The van der Waals surface area contributed by atoms with E-state index in [1.54, 1.807) is 18.3 Å². The van der Waals surface area contributed by atoms with E-state index in [0.29, 0.717) is 22.0 Å². The highest BCUT2D eigenvalue weighted by atomic mass is 32.2. The van der Waals surface area contributed by atoms with E-state index in [9.17, 15) is 8.60 Å². The third-order valence-electron chi connectivity index (χ3n) is 4.40. The van der Waals surface area contributed by atoms with Gasteiger partial charge in [0.2, 0.25) is 0 Å². The van der Waals surface area contributed by atoms with E-state index >= 15 is 0 Å². The molecule has 0 N–H and O–H groups in total. The van der Waals surface area contributed by atoms with E-state index in [0.717, 1.165) is 22.3 Å². The van der Waals surface area contributed by atoms with Crippen LogP contribution in [0.15, 0.2) is 66.0 Å².